The standard InChI is InChI=1S/C13H18ClNO3/c1-4-15-8(2)10-5-6-12(11(14)7-10)18-9(3)13(16)17/h5-9,15H,4H2,1-3H3,(H,16,17). The molecular weight excluding hydrogens is 254 g/mol. The molecule has 18 heavy (non-hydrogen) atoms. The van der Waals surface area contributed by atoms with Crippen LogP contribution in [0, 0.1) is 0 Å². The van der Waals surface area contributed by atoms with Gasteiger partial charge in [0, 0.05) is 6.04 Å². The molecule has 2 N–H and O–H groups in total. The summed E-state index contributed by atoms with van der Waals surface area (Å²) in [6.07, 6.45) is -0.917. The highest BCUT2D eigenvalue weighted by molar-refractivity contribution is 6.32. The second-order valence-electron chi connectivity index (χ2n) is 4.07. The van der Waals surface area contributed by atoms with Crippen molar-refractivity contribution >= 4 is 17.6 Å². The summed E-state index contributed by atoms with van der Waals surface area (Å²) >= 11 is 6.08. The first-order chi connectivity index (χ1) is 8.45. The number of halogens is 1. The van der Waals surface area contributed by atoms with Gasteiger partial charge in [-0.05, 0) is 38.1 Å². The maximum absolute atomic E-state index is 10.7. The molecule has 0 radical (unpaired) electrons. The van der Waals surface area contributed by atoms with E-state index in [-0.39, 0.29) is 6.04 Å². The summed E-state index contributed by atoms with van der Waals surface area (Å²) < 4.78 is 5.25. The van der Waals surface area contributed by atoms with Crippen LogP contribution in [0.5, 0.6) is 5.75 Å². The van der Waals surface area contributed by atoms with E-state index >= 15 is 0 Å². The molecular formula is C13H18ClNO3. The predicted molar refractivity (Wildman–Crippen MR) is 71.3 cm³/mol. The average Bonchev–Trinajstić information content (AvgIpc) is 2.31. The summed E-state index contributed by atoms with van der Waals surface area (Å²) in [5.74, 6) is -0.629. The number of hydrogen-bond donors (Lipinski definition) is 2. The monoisotopic (exact) mass is 271 g/mol. The smallest absolute Gasteiger partial charge is 0.344 e. The van der Waals surface area contributed by atoms with E-state index in [9.17, 15) is 4.79 Å². The summed E-state index contributed by atoms with van der Waals surface area (Å²) in [6, 6.07) is 5.56. The van der Waals surface area contributed by atoms with E-state index in [2.05, 4.69) is 5.32 Å². The molecule has 0 saturated heterocycles. The van der Waals surface area contributed by atoms with Crippen molar-refractivity contribution in [1.29, 1.82) is 0 Å². The summed E-state index contributed by atoms with van der Waals surface area (Å²) in [6.45, 7) is 6.40. The van der Waals surface area contributed by atoms with E-state index in [0.717, 1.165) is 12.1 Å². The fraction of sp³-hybridized carbons (Fsp3) is 0.462. The minimum Gasteiger partial charge on any atom is -0.479 e. The Balaban J connectivity index is 2.82. The van der Waals surface area contributed by atoms with Gasteiger partial charge in [0.05, 0.1) is 5.02 Å². The van der Waals surface area contributed by atoms with Crippen molar-refractivity contribution in [2.24, 2.45) is 0 Å². The number of hydrogen-bond acceptors (Lipinski definition) is 3. The SMILES string of the molecule is CCNC(C)c1ccc(OC(C)C(=O)O)c(Cl)c1. The molecule has 4 nitrogen and oxygen atoms in total. The summed E-state index contributed by atoms with van der Waals surface area (Å²) in [5, 5.41) is 12.5. The predicted octanol–water partition coefficient (Wildman–Crippen LogP) is 2.86. The Morgan fingerprint density at radius 1 is 1.50 bits per heavy atom. The Labute approximate surface area is 112 Å². The maximum atomic E-state index is 10.7. The first-order valence-corrected chi connectivity index (χ1v) is 6.25. The highest BCUT2D eigenvalue weighted by Gasteiger charge is 2.15. The van der Waals surface area contributed by atoms with E-state index in [1.807, 2.05) is 19.9 Å². The molecule has 1 rings (SSSR count). The van der Waals surface area contributed by atoms with Crippen molar-refractivity contribution in [3.63, 3.8) is 0 Å². The molecule has 0 aliphatic rings. The molecule has 100 valence electrons. The zero-order valence-corrected chi connectivity index (χ0v) is 11.5. The van der Waals surface area contributed by atoms with Crippen LogP contribution in [0.4, 0.5) is 0 Å². The number of aliphatic carboxylic acids is 1. The van der Waals surface area contributed by atoms with Crippen molar-refractivity contribution < 1.29 is 14.6 Å². The zero-order valence-electron chi connectivity index (χ0n) is 10.7. The molecule has 0 bridgehead atoms. The lowest BCUT2D eigenvalue weighted by Crippen LogP contribution is -2.23. The molecule has 2 unspecified atom stereocenters. The minimum atomic E-state index is -1.02. The van der Waals surface area contributed by atoms with Gasteiger partial charge in [0.15, 0.2) is 6.10 Å². The molecule has 0 aliphatic carbocycles. The van der Waals surface area contributed by atoms with Crippen LogP contribution in [-0.2, 0) is 4.79 Å². The molecule has 0 aromatic heterocycles. The van der Waals surface area contributed by atoms with Crippen LogP contribution in [0.25, 0.3) is 0 Å². The van der Waals surface area contributed by atoms with Gasteiger partial charge in [-0.25, -0.2) is 4.79 Å². The third kappa shape index (κ3) is 3.89. The molecule has 1 aromatic carbocycles. The molecule has 0 spiro atoms. The Kier molecular flexibility index (Phi) is 5.44. The van der Waals surface area contributed by atoms with Crippen LogP contribution >= 0.6 is 11.6 Å². The number of carboxylic acids is 1. The molecule has 5 heteroatoms. The van der Waals surface area contributed by atoms with E-state index in [1.54, 1.807) is 12.1 Å². The molecule has 0 saturated carbocycles. The molecule has 0 aliphatic heterocycles. The first-order valence-electron chi connectivity index (χ1n) is 5.88. The average molecular weight is 272 g/mol. The van der Waals surface area contributed by atoms with Crippen LogP contribution in [0.3, 0.4) is 0 Å². The quantitative estimate of drug-likeness (QED) is 0.835. The summed E-state index contributed by atoms with van der Waals surface area (Å²) in [7, 11) is 0. The van der Waals surface area contributed by atoms with Gasteiger partial charge in [-0.1, -0.05) is 24.6 Å². The van der Waals surface area contributed by atoms with Gasteiger partial charge >= 0.3 is 5.97 Å². The third-order valence-electron chi connectivity index (χ3n) is 2.62. The van der Waals surface area contributed by atoms with Crippen LogP contribution in [0.1, 0.15) is 32.4 Å². The maximum Gasteiger partial charge on any atom is 0.344 e. The van der Waals surface area contributed by atoms with E-state index in [0.29, 0.717) is 10.8 Å². The normalized spacial score (nSPS) is 14.0. The summed E-state index contributed by atoms with van der Waals surface area (Å²) in [5.41, 5.74) is 1.04. The number of benzene rings is 1. The second-order valence-corrected chi connectivity index (χ2v) is 4.47. The number of rotatable bonds is 6. The Morgan fingerprint density at radius 3 is 2.67 bits per heavy atom. The van der Waals surface area contributed by atoms with Gasteiger partial charge in [0.1, 0.15) is 5.75 Å². The number of nitrogens with one attached hydrogen (secondary N) is 1. The van der Waals surface area contributed by atoms with Crippen molar-refractivity contribution in [1.82, 2.24) is 5.32 Å². The van der Waals surface area contributed by atoms with E-state index in [4.69, 9.17) is 21.4 Å². The van der Waals surface area contributed by atoms with Crippen LogP contribution < -0.4 is 10.1 Å². The number of ether oxygens (including phenoxy) is 1. The Bertz CT molecular complexity index is 423. The lowest BCUT2D eigenvalue weighted by Gasteiger charge is -2.16. The lowest BCUT2D eigenvalue weighted by molar-refractivity contribution is -0.144. The van der Waals surface area contributed by atoms with Gasteiger partial charge < -0.3 is 15.2 Å². The van der Waals surface area contributed by atoms with Gasteiger partial charge in [0.2, 0.25) is 0 Å². The Hall–Kier alpha value is -1.26. The molecule has 0 fully saturated rings. The fourth-order valence-electron chi connectivity index (χ4n) is 1.55. The Morgan fingerprint density at radius 2 is 2.17 bits per heavy atom. The van der Waals surface area contributed by atoms with Crippen molar-refractivity contribution in [2.75, 3.05) is 6.54 Å². The fourth-order valence-corrected chi connectivity index (χ4v) is 1.78. The highest BCUT2D eigenvalue weighted by atomic mass is 35.5. The second kappa shape index (κ2) is 6.61. The van der Waals surface area contributed by atoms with Gasteiger partial charge in [-0.15, -0.1) is 0 Å². The van der Waals surface area contributed by atoms with Crippen molar-refractivity contribution in [2.45, 2.75) is 32.9 Å². The van der Waals surface area contributed by atoms with Crippen LogP contribution in [0.15, 0.2) is 18.2 Å². The molecule has 1 aromatic rings. The van der Waals surface area contributed by atoms with Crippen LogP contribution in [-0.4, -0.2) is 23.7 Å². The van der Waals surface area contributed by atoms with Gasteiger partial charge in [0.25, 0.3) is 0 Å². The van der Waals surface area contributed by atoms with Crippen molar-refractivity contribution in [3.05, 3.63) is 28.8 Å². The summed E-state index contributed by atoms with van der Waals surface area (Å²) in [4.78, 5) is 10.7. The van der Waals surface area contributed by atoms with Gasteiger partial charge in [-0.3, -0.25) is 0 Å². The van der Waals surface area contributed by atoms with E-state index < -0.39 is 12.1 Å². The zero-order chi connectivity index (χ0) is 13.7. The van der Waals surface area contributed by atoms with Crippen molar-refractivity contribution in [3.8, 4) is 5.75 Å². The third-order valence-corrected chi connectivity index (χ3v) is 2.91. The topological polar surface area (TPSA) is 58.6 Å². The molecule has 0 heterocycles. The molecule has 2 atom stereocenters. The first kappa shape index (κ1) is 14.8. The van der Waals surface area contributed by atoms with E-state index in [1.165, 1.54) is 6.92 Å². The minimum absolute atomic E-state index is 0.193. The number of carboxylic acid groups (broad SMARTS) is 1. The highest BCUT2D eigenvalue weighted by Crippen LogP contribution is 2.28. The number of carbonyl (C=O) groups is 1. The molecule has 0 amide bonds. The lowest BCUT2D eigenvalue weighted by atomic mass is 10.1. The largest absolute Gasteiger partial charge is 0.479 e. The van der Waals surface area contributed by atoms with Gasteiger partial charge in [-0.2, -0.15) is 0 Å². The van der Waals surface area contributed by atoms with Crippen LogP contribution in [0.2, 0.25) is 5.02 Å².